The van der Waals surface area contributed by atoms with E-state index in [1.807, 2.05) is 6.26 Å². The Morgan fingerprint density at radius 1 is 1.40 bits per heavy atom. The number of thioether (sulfide) groups is 1. The Kier molecular flexibility index (Phi) is 4.72. The van der Waals surface area contributed by atoms with Gasteiger partial charge >= 0.3 is 0 Å². The molecule has 0 unspecified atom stereocenters. The summed E-state index contributed by atoms with van der Waals surface area (Å²) in [4.78, 5) is 11.7. The monoisotopic (exact) mass is 241 g/mol. The summed E-state index contributed by atoms with van der Waals surface area (Å²) in [7, 11) is 1.79. The van der Waals surface area contributed by atoms with Crippen LogP contribution in [-0.4, -0.2) is 19.1 Å². The van der Waals surface area contributed by atoms with Gasteiger partial charge in [0.15, 0.2) is 5.78 Å². The van der Waals surface area contributed by atoms with E-state index >= 15 is 0 Å². The van der Waals surface area contributed by atoms with E-state index in [4.69, 9.17) is 11.6 Å². The fraction of sp³-hybridized carbons (Fsp3) is 0.182. The van der Waals surface area contributed by atoms with Gasteiger partial charge in [-0.3, -0.25) is 4.79 Å². The van der Waals surface area contributed by atoms with Gasteiger partial charge in [-0.1, -0.05) is 11.6 Å². The minimum atomic E-state index is -0.0228. The van der Waals surface area contributed by atoms with E-state index in [9.17, 15) is 4.79 Å². The number of allylic oxidation sites excluding steroid dienone is 1. The third-order valence-electron chi connectivity index (χ3n) is 1.86. The second-order valence-corrected chi connectivity index (χ2v) is 4.12. The molecule has 0 aliphatic heterocycles. The Balaban J connectivity index is 2.85. The van der Waals surface area contributed by atoms with E-state index in [0.29, 0.717) is 10.6 Å². The third-order valence-corrected chi connectivity index (χ3v) is 2.87. The number of hydrogen-bond acceptors (Lipinski definition) is 3. The number of rotatable bonds is 4. The Morgan fingerprint density at radius 3 is 2.47 bits per heavy atom. The molecule has 0 bridgehead atoms. The maximum absolute atomic E-state index is 11.7. The number of carbonyl (C=O) groups is 1. The fourth-order valence-electron chi connectivity index (χ4n) is 1.05. The fourth-order valence-corrected chi connectivity index (χ4v) is 1.60. The Labute approximate surface area is 98.7 Å². The van der Waals surface area contributed by atoms with E-state index < -0.39 is 0 Å². The standard InChI is InChI=1S/C11H12ClNOS/c1-13-11(15-2)7-10(14)8-3-5-9(12)6-4-8/h3-7,13H,1-2H3/b11-7-. The van der Waals surface area contributed by atoms with Crippen molar-refractivity contribution in [2.45, 2.75) is 0 Å². The van der Waals surface area contributed by atoms with Crippen molar-refractivity contribution in [2.24, 2.45) is 0 Å². The number of halogens is 1. The van der Waals surface area contributed by atoms with Crippen LogP contribution in [0.4, 0.5) is 0 Å². The average molecular weight is 242 g/mol. The molecule has 0 saturated carbocycles. The van der Waals surface area contributed by atoms with Gasteiger partial charge in [0, 0.05) is 23.7 Å². The van der Waals surface area contributed by atoms with Crippen LogP contribution in [0.5, 0.6) is 0 Å². The maximum Gasteiger partial charge on any atom is 0.188 e. The highest BCUT2D eigenvalue weighted by Crippen LogP contribution is 2.13. The summed E-state index contributed by atoms with van der Waals surface area (Å²) in [5, 5.41) is 4.42. The highest BCUT2D eigenvalue weighted by Gasteiger charge is 2.03. The molecule has 0 spiro atoms. The Bertz CT molecular complexity index is 367. The summed E-state index contributed by atoms with van der Waals surface area (Å²) in [5.74, 6) is -0.0228. The molecule has 0 aromatic heterocycles. The lowest BCUT2D eigenvalue weighted by Gasteiger charge is -2.02. The van der Waals surface area contributed by atoms with Crippen molar-refractivity contribution in [2.75, 3.05) is 13.3 Å². The van der Waals surface area contributed by atoms with Crippen LogP contribution < -0.4 is 5.32 Å². The largest absolute Gasteiger partial charge is 0.383 e. The minimum absolute atomic E-state index is 0.0228. The van der Waals surface area contributed by atoms with Gasteiger partial charge in [-0.25, -0.2) is 0 Å². The van der Waals surface area contributed by atoms with Crippen LogP contribution in [0.2, 0.25) is 5.02 Å². The number of ketones is 1. The maximum atomic E-state index is 11.7. The zero-order valence-corrected chi connectivity index (χ0v) is 10.2. The first-order valence-corrected chi connectivity index (χ1v) is 6.01. The molecule has 1 aromatic carbocycles. The molecule has 80 valence electrons. The van der Waals surface area contributed by atoms with Crippen LogP contribution in [0.1, 0.15) is 10.4 Å². The van der Waals surface area contributed by atoms with E-state index in [1.54, 1.807) is 37.4 Å². The zero-order chi connectivity index (χ0) is 11.3. The minimum Gasteiger partial charge on any atom is -0.383 e. The van der Waals surface area contributed by atoms with Gasteiger partial charge in [-0.05, 0) is 30.5 Å². The lowest BCUT2D eigenvalue weighted by molar-refractivity contribution is 0.104. The van der Waals surface area contributed by atoms with Crippen LogP contribution in [0.25, 0.3) is 0 Å². The summed E-state index contributed by atoms with van der Waals surface area (Å²) in [5.41, 5.74) is 0.640. The van der Waals surface area contributed by atoms with Gasteiger partial charge in [0.2, 0.25) is 0 Å². The predicted octanol–water partition coefficient (Wildman–Crippen LogP) is 2.95. The summed E-state index contributed by atoms with van der Waals surface area (Å²) in [6.07, 6.45) is 3.49. The number of carbonyl (C=O) groups excluding carboxylic acids is 1. The van der Waals surface area contributed by atoms with E-state index in [0.717, 1.165) is 5.03 Å². The molecule has 2 nitrogen and oxygen atoms in total. The van der Waals surface area contributed by atoms with Crippen LogP contribution in [0.15, 0.2) is 35.4 Å². The second-order valence-electron chi connectivity index (χ2n) is 2.83. The lowest BCUT2D eigenvalue weighted by atomic mass is 10.1. The number of nitrogens with one attached hydrogen (secondary N) is 1. The molecule has 1 rings (SSSR count). The topological polar surface area (TPSA) is 29.1 Å². The molecule has 0 saturated heterocycles. The molecule has 1 N–H and O–H groups in total. The zero-order valence-electron chi connectivity index (χ0n) is 8.58. The molecule has 0 aliphatic carbocycles. The molecule has 0 amide bonds. The van der Waals surface area contributed by atoms with Gasteiger partial charge in [-0.2, -0.15) is 0 Å². The van der Waals surface area contributed by atoms with Gasteiger partial charge in [-0.15, -0.1) is 11.8 Å². The summed E-state index contributed by atoms with van der Waals surface area (Å²) < 4.78 is 0. The van der Waals surface area contributed by atoms with E-state index in [2.05, 4.69) is 5.32 Å². The van der Waals surface area contributed by atoms with Crippen LogP contribution >= 0.6 is 23.4 Å². The van der Waals surface area contributed by atoms with Gasteiger partial charge < -0.3 is 5.32 Å². The van der Waals surface area contributed by atoms with Crippen molar-refractivity contribution >= 4 is 29.1 Å². The molecular formula is C11H12ClNOS. The molecule has 4 heteroatoms. The highest BCUT2D eigenvalue weighted by atomic mass is 35.5. The molecular weight excluding hydrogens is 230 g/mol. The van der Waals surface area contributed by atoms with Crippen LogP contribution in [-0.2, 0) is 0 Å². The predicted molar refractivity (Wildman–Crippen MR) is 66.4 cm³/mol. The van der Waals surface area contributed by atoms with E-state index in [1.165, 1.54) is 11.8 Å². The molecule has 0 fully saturated rings. The molecule has 1 aromatic rings. The smallest absolute Gasteiger partial charge is 0.188 e. The third kappa shape index (κ3) is 3.61. The normalized spacial score (nSPS) is 11.3. The second kappa shape index (κ2) is 5.83. The summed E-state index contributed by atoms with van der Waals surface area (Å²) in [6.45, 7) is 0. The summed E-state index contributed by atoms with van der Waals surface area (Å²) >= 11 is 7.23. The van der Waals surface area contributed by atoms with Crippen molar-refractivity contribution < 1.29 is 4.79 Å². The first-order chi connectivity index (χ1) is 7.17. The van der Waals surface area contributed by atoms with Crippen LogP contribution in [0, 0.1) is 0 Å². The van der Waals surface area contributed by atoms with Crippen molar-refractivity contribution in [3.8, 4) is 0 Å². The van der Waals surface area contributed by atoms with Gasteiger partial charge in [0.05, 0.1) is 5.03 Å². The van der Waals surface area contributed by atoms with Gasteiger partial charge in [0.25, 0.3) is 0 Å². The highest BCUT2D eigenvalue weighted by molar-refractivity contribution is 8.02. The van der Waals surface area contributed by atoms with Gasteiger partial charge in [0.1, 0.15) is 0 Å². The molecule has 0 heterocycles. The SMILES string of the molecule is CN/C(=C/C(=O)c1ccc(Cl)cc1)SC. The quantitative estimate of drug-likeness (QED) is 0.649. The van der Waals surface area contributed by atoms with Crippen molar-refractivity contribution in [3.05, 3.63) is 46.0 Å². The lowest BCUT2D eigenvalue weighted by Crippen LogP contribution is -2.05. The molecule has 15 heavy (non-hydrogen) atoms. The number of benzene rings is 1. The van der Waals surface area contributed by atoms with Crippen molar-refractivity contribution in [1.29, 1.82) is 0 Å². The molecule has 0 aliphatic rings. The summed E-state index contributed by atoms with van der Waals surface area (Å²) in [6, 6.07) is 6.85. The average Bonchev–Trinajstić information content (AvgIpc) is 2.26. The van der Waals surface area contributed by atoms with Crippen molar-refractivity contribution in [3.63, 3.8) is 0 Å². The molecule has 0 radical (unpaired) electrons. The number of hydrogen-bond donors (Lipinski definition) is 1. The van der Waals surface area contributed by atoms with Crippen molar-refractivity contribution in [1.82, 2.24) is 5.32 Å². The Hall–Kier alpha value is -0.930. The first kappa shape index (κ1) is 12.1. The first-order valence-electron chi connectivity index (χ1n) is 4.40. The van der Waals surface area contributed by atoms with Crippen LogP contribution in [0.3, 0.4) is 0 Å². The molecule has 0 atom stereocenters. The van der Waals surface area contributed by atoms with E-state index in [-0.39, 0.29) is 5.78 Å². The Morgan fingerprint density at radius 2 is 2.00 bits per heavy atom.